The SMILES string of the molecule is CCC1NC(=O)CCN(c2c(Cl)ccc3nsnc23)C1=O. The number of aromatic nitrogens is 2. The van der Waals surface area contributed by atoms with E-state index in [1.54, 1.807) is 17.0 Å². The van der Waals surface area contributed by atoms with Crippen LogP contribution in [0.25, 0.3) is 11.0 Å². The van der Waals surface area contributed by atoms with E-state index in [-0.39, 0.29) is 24.8 Å². The molecule has 0 bridgehead atoms. The molecule has 0 saturated carbocycles. The minimum Gasteiger partial charge on any atom is -0.344 e. The number of hydrogen-bond acceptors (Lipinski definition) is 5. The van der Waals surface area contributed by atoms with Gasteiger partial charge in [0, 0.05) is 13.0 Å². The Kier molecular flexibility index (Phi) is 3.77. The summed E-state index contributed by atoms with van der Waals surface area (Å²) in [7, 11) is 0. The van der Waals surface area contributed by atoms with Crippen LogP contribution in [0.1, 0.15) is 19.8 Å². The fourth-order valence-corrected chi connectivity index (χ4v) is 3.20. The van der Waals surface area contributed by atoms with E-state index >= 15 is 0 Å². The van der Waals surface area contributed by atoms with Gasteiger partial charge in [-0.2, -0.15) is 8.75 Å². The average Bonchev–Trinajstić information content (AvgIpc) is 2.89. The van der Waals surface area contributed by atoms with E-state index in [1.807, 2.05) is 6.92 Å². The second-order valence-electron chi connectivity index (χ2n) is 4.80. The molecule has 3 rings (SSSR count). The van der Waals surface area contributed by atoms with Crippen LogP contribution in [-0.4, -0.2) is 33.1 Å². The topological polar surface area (TPSA) is 75.2 Å². The second-order valence-corrected chi connectivity index (χ2v) is 5.73. The highest BCUT2D eigenvalue weighted by Crippen LogP contribution is 2.34. The molecule has 2 aromatic rings. The van der Waals surface area contributed by atoms with Crippen molar-refractivity contribution in [2.45, 2.75) is 25.8 Å². The van der Waals surface area contributed by atoms with E-state index in [9.17, 15) is 9.59 Å². The monoisotopic (exact) mass is 324 g/mol. The Morgan fingerprint density at radius 3 is 3.00 bits per heavy atom. The minimum absolute atomic E-state index is 0.127. The van der Waals surface area contributed by atoms with Gasteiger partial charge in [0.2, 0.25) is 11.8 Å². The van der Waals surface area contributed by atoms with Gasteiger partial charge in [-0.1, -0.05) is 18.5 Å². The van der Waals surface area contributed by atoms with Crippen molar-refractivity contribution < 1.29 is 9.59 Å². The van der Waals surface area contributed by atoms with E-state index in [4.69, 9.17) is 11.6 Å². The highest BCUT2D eigenvalue weighted by molar-refractivity contribution is 7.00. The third kappa shape index (κ3) is 2.47. The summed E-state index contributed by atoms with van der Waals surface area (Å²) in [6.07, 6.45) is 0.774. The van der Waals surface area contributed by atoms with Crippen molar-refractivity contribution in [2.24, 2.45) is 0 Å². The number of amides is 2. The van der Waals surface area contributed by atoms with Crippen molar-refractivity contribution in [2.75, 3.05) is 11.4 Å². The summed E-state index contributed by atoms with van der Waals surface area (Å²) in [4.78, 5) is 25.9. The van der Waals surface area contributed by atoms with Crippen molar-refractivity contribution in [1.29, 1.82) is 0 Å². The van der Waals surface area contributed by atoms with Crippen molar-refractivity contribution in [1.82, 2.24) is 14.1 Å². The van der Waals surface area contributed by atoms with Gasteiger partial charge in [-0.05, 0) is 18.6 Å². The maximum Gasteiger partial charge on any atom is 0.249 e. The molecular formula is C13H13ClN4O2S. The summed E-state index contributed by atoms with van der Waals surface area (Å²) >= 11 is 7.35. The summed E-state index contributed by atoms with van der Waals surface area (Å²) < 4.78 is 8.41. The van der Waals surface area contributed by atoms with Crippen LogP contribution in [0.3, 0.4) is 0 Å². The Morgan fingerprint density at radius 2 is 2.24 bits per heavy atom. The smallest absolute Gasteiger partial charge is 0.249 e. The summed E-state index contributed by atoms with van der Waals surface area (Å²) in [5.41, 5.74) is 1.84. The van der Waals surface area contributed by atoms with Crippen LogP contribution in [0.5, 0.6) is 0 Å². The molecule has 0 radical (unpaired) electrons. The lowest BCUT2D eigenvalue weighted by Gasteiger charge is -2.24. The normalized spacial score (nSPS) is 19.7. The summed E-state index contributed by atoms with van der Waals surface area (Å²) in [5, 5.41) is 3.17. The molecule has 8 heteroatoms. The van der Waals surface area contributed by atoms with Crippen LogP contribution in [0.2, 0.25) is 5.02 Å². The number of fused-ring (bicyclic) bond motifs is 1. The minimum atomic E-state index is -0.530. The zero-order valence-electron chi connectivity index (χ0n) is 11.3. The zero-order chi connectivity index (χ0) is 15.0. The number of hydrogen-bond donors (Lipinski definition) is 1. The molecule has 1 N–H and O–H groups in total. The van der Waals surface area contributed by atoms with E-state index in [1.165, 1.54) is 0 Å². The lowest BCUT2D eigenvalue weighted by molar-refractivity contribution is -0.125. The summed E-state index contributed by atoms with van der Waals surface area (Å²) in [5.74, 6) is -0.289. The summed E-state index contributed by atoms with van der Waals surface area (Å²) in [6.45, 7) is 2.15. The third-order valence-corrected chi connectivity index (χ3v) is 4.34. The van der Waals surface area contributed by atoms with Gasteiger partial charge in [-0.3, -0.25) is 9.59 Å². The molecule has 1 saturated heterocycles. The molecule has 1 aliphatic rings. The third-order valence-electron chi connectivity index (χ3n) is 3.49. The van der Waals surface area contributed by atoms with Gasteiger partial charge in [0.1, 0.15) is 17.1 Å². The molecule has 0 aliphatic carbocycles. The first-order valence-electron chi connectivity index (χ1n) is 6.63. The van der Waals surface area contributed by atoms with Crippen molar-refractivity contribution >= 4 is 51.9 Å². The number of anilines is 1. The van der Waals surface area contributed by atoms with Gasteiger partial charge >= 0.3 is 0 Å². The number of nitrogens with zero attached hydrogens (tertiary/aromatic N) is 3. The average molecular weight is 325 g/mol. The van der Waals surface area contributed by atoms with Crippen LogP contribution < -0.4 is 10.2 Å². The number of benzene rings is 1. The number of rotatable bonds is 2. The van der Waals surface area contributed by atoms with Gasteiger partial charge in [0.15, 0.2) is 0 Å². The quantitative estimate of drug-likeness (QED) is 0.916. The first kappa shape index (κ1) is 14.2. The van der Waals surface area contributed by atoms with Gasteiger partial charge in [-0.25, -0.2) is 0 Å². The molecule has 1 fully saturated rings. The molecule has 0 spiro atoms. The number of halogens is 1. The predicted octanol–water partition coefficient (Wildman–Crippen LogP) is 1.98. The maximum absolute atomic E-state index is 12.6. The highest BCUT2D eigenvalue weighted by atomic mass is 35.5. The number of nitrogens with one attached hydrogen (secondary N) is 1. The maximum atomic E-state index is 12.6. The Balaban J connectivity index is 2.11. The van der Waals surface area contributed by atoms with Gasteiger partial charge in [-0.15, -0.1) is 0 Å². The molecule has 2 heterocycles. The van der Waals surface area contributed by atoms with Crippen LogP contribution >= 0.6 is 23.3 Å². The number of carbonyl (C=O) groups is 2. The van der Waals surface area contributed by atoms with Gasteiger partial charge < -0.3 is 10.2 Å². The molecule has 21 heavy (non-hydrogen) atoms. The molecule has 1 atom stereocenters. The molecule has 6 nitrogen and oxygen atoms in total. The standard InChI is InChI=1S/C13H13ClN4O2S/c1-2-8-13(20)18(6-5-10(19)15-8)12-7(14)3-4-9-11(12)17-21-16-9/h3-4,8H,2,5-6H2,1H3,(H,15,19). The fourth-order valence-electron chi connectivity index (χ4n) is 2.41. The Bertz CT molecular complexity index is 717. The van der Waals surface area contributed by atoms with Crippen molar-refractivity contribution in [3.8, 4) is 0 Å². The zero-order valence-corrected chi connectivity index (χ0v) is 12.9. The molecule has 1 aromatic heterocycles. The molecular weight excluding hydrogens is 312 g/mol. The first-order valence-corrected chi connectivity index (χ1v) is 7.74. The van der Waals surface area contributed by atoms with E-state index in [0.717, 1.165) is 11.7 Å². The van der Waals surface area contributed by atoms with Crippen LogP contribution in [-0.2, 0) is 9.59 Å². The van der Waals surface area contributed by atoms with Gasteiger partial charge in [0.05, 0.1) is 22.4 Å². The highest BCUT2D eigenvalue weighted by Gasteiger charge is 2.32. The van der Waals surface area contributed by atoms with Crippen LogP contribution in [0, 0.1) is 0 Å². The number of carbonyl (C=O) groups excluding carboxylic acids is 2. The summed E-state index contributed by atoms with van der Waals surface area (Å²) in [6, 6.07) is 2.95. The second kappa shape index (κ2) is 5.57. The molecule has 110 valence electrons. The van der Waals surface area contributed by atoms with Crippen LogP contribution in [0.15, 0.2) is 12.1 Å². The molecule has 1 aromatic carbocycles. The van der Waals surface area contributed by atoms with E-state index in [2.05, 4.69) is 14.1 Å². The van der Waals surface area contributed by atoms with Crippen LogP contribution in [0.4, 0.5) is 5.69 Å². The lowest BCUT2D eigenvalue weighted by atomic mass is 10.1. The first-order chi connectivity index (χ1) is 10.1. The lowest BCUT2D eigenvalue weighted by Crippen LogP contribution is -2.44. The molecule has 2 amide bonds. The molecule has 1 unspecified atom stereocenters. The molecule has 1 aliphatic heterocycles. The Morgan fingerprint density at radius 1 is 1.43 bits per heavy atom. The largest absolute Gasteiger partial charge is 0.344 e. The van der Waals surface area contributed by atoms with E-state index in [0.29, 0.717) is 28.2 Å². The van der Waals surface area contributed by atoms with E-state index < -0.39 is 6.04 Å². The van der Waals surface area contributed by atoms with Crippen molar-refractivity contribution in [3.63, 3.8) is 0 Å². The van der Waals surface area contributed by atoms with Gasteiger partial charge in [0.25, 0.3) is 0 Å². The Labute approximate surface area is 130 Å². The van der Waals surface area contributed by atoms with Crippen molar-refractivity contribution in [3.05, 3.63) is 17.2 Å². The predicted molar refractivity (Wildman–Crippen MR) is 81.6 cm³/mol. The fraction of sp³-hybridized carbons (Fsp3) is 0.385. The Hall–Kier alpha value is -1.73.